The van der Waals surface area contributed by atoms with Gasteiger partial charge in [0.15, 0.2) is 0 Å². The number of imide groups is 1. The summed E-state index contributed by atoms with van der Waals surface area (Å²) in [5.74, 6) is 0.811. The predicted molar refractivity (Wildman–Crippen MR) is 134 cm³/mol. The standard InChI is InChI=1S/C26H37N3O3.ClH/c1-18(2)32-24-9-6-5-8-23(24)28-14-12-27(13-15-28)10-7-11-29-25(30)21-16-19(3)20(4)17-22(21)26(29)31;/h5-6,8-9,18,21-22H,7,10-17H2,1-4H3;1H. The summed E-state index contributed by atoms with van der Waals surface area (Å²) in [7, 11) is 0. The normalized spacial score (nSPS) is 23.8. The second-order valence-corrected chi connectivity index (χ2v) is 9.83. The van der Waals surface area contributed by atoms with E-state index in [-0.39, 0.29) is 42.2 Å². The van der Waals surface area contributed by atoms with Gasteiger partial charge in [0.05, 0.1) is 23.6 Å². The first-order chi connectivity index (χ1) is 15.3. The van der Waals surface area contributed by atoms with Crippen molar-refractivity contribution in [2.24, 2.45) is 11.8 Å². The first-order valence-corrected chi connectivity index (χ1v) is 12.1. The van der Waals surface area contributed by atoms with Gasteiger partial charge in [-0.2, -0.15) is 0 Å². The summed E-state index contributed by atoms with van der Waals surface area (Å²) in [5.41, 5.74) is 3.73. The van der Waals surface area contributed by atoms with Crippen molar-refractivity contribution in [1.82, 2.24) is 9.80 Å². The Morgan fingerprint density at radius 2 is 1.48 bits per heavy atom. The number of carbonyl (C=O) groups is 2. The maximum atomic E-state index is 12.8. The highest BCUT2D eigenvalue weighted by Gasteiger charge is 2.48. The summed E-state index contributed by atoms with van der Waals surface area (Å²) in [6.45, 7) is 13.6. The number of halogens is 1. The van der Waals surface area contributed by atoms with Gasteiger partial charge >= 0.3 is 0 Å². The van der Waals surface area contributed by atoms with Crippen molar-refractivity contribution in [2.75, 3.05) is 44.2 Å². The Hall–Kier alpha value is -2.05. The second kappa shape index (κ2) is 10.9. The van der Waals surface area contributed by atoms with Crippen molar-refractivity contribution in [2.45, 2.75) is 53.1 Å². The van der Waals surface area contributed by atoms with Gasteiger partial charge in [-0.3, -0.25) is 19.4 Å². The van der Waals surface area contributed by atoms with Gasteiger partial charge in [0.25, 0.3) is 0 Å². The Morgan fingerprint density at radius 1 is 0.909 bits per heavy atom. The number of piperazine rings is 1. The molecule has 2 unspecified atom stereocenters. The third-order valence-corrected chi connectivity index (χ3v) is 7.23. The number of ether oxygens (including phenoxy) is 1. The lowest BCUT2D eigenvalue weighted by Crippen LogP contribution is -2.47. The molecule has 182 valence electrons. The molecule has 6 nitrogen and oxygen atoms in total. The minimum atomic E-state index is -0.122. The largest absolute Gasteiger partial charge is 0.489 e. The van der Waals surface area contributed by atoms with Crippen molar-refractivity contribution < 1.29 is 14.3 Å². The average molecular weight is 476 g/mol. The molecule has 0 spiro atoms. The van der Waals surface area contributed by atoms with Crippen LogP contribution in [0.25, 0.3) is 0 Å². The van der Waals surface area contributed by atoms with Crippen molar-refractivity contribution in [3.8, 4) is 5.75 Å². The Balaban J connectivity index is 0.00000306. The van der Waals surface area contributed by atoms with E-state index in [1.807, 2.05) is 12.1 Å². The van der Waals surface area contributed by atoms with Gasteiger partial charge in [0, 0.05) is 32.7 Å². The fourth-order valence-electron chi connectivity index (χ4n) is 5.28. The predicted octanol–water partition coefficient (Wildman–Crippen LogP) is 4.14. The van der Waals surface area contributed by atoms with E-state index in [1.165, 1.54) is 11.1 Å². The molecule has 0 N–H and O–H groups in total. The van der Waals surface area contributed by atoms with Crippen LogP contribution in [0, 0.1) is 11.8 Å². The minimum absolute atomic E-state index is 0. The lowest BCUT2D eigenvalue weighted by molar-refractivity contribution is -0.140. The fourth-order valence-corrected chi connectivity index (χ4v) is 5.28. The number of allylic oxidation sites excluding steroid dienone is 2. The summed E-state index contributed by atoms with van der Waals surface area (Å²) < 4.78 is 5.99. The molecule has 2 amide bonds. The molecule has 2 aliphatic heterocycles. The monoisotopic (exact) mass is 475 g/mol. The van der Waals surface area contributed by atoms with Gasteiger partial charge in [0.2, 0.25) is 11.8 Å². The maximum Gasteiger partial charge on any atom is 0.233 e. The van der Waals surface area contributed by atoms with E-state index in [9.17, 15) is 9.59 Å². The summed E-state index contributed by atoms with van der Waals surface area (Å²) in [5, 5.41) is 0. The van der Waals surface area contributed by atoms with Crippen LogP contribution < -0.4 is 9.64 Å². The maximum absolute atomic E-state index is 12.8. The van der Waals surface area contributed by atoms with Crippen LogP contribution in [0.1, 0.15) is 47.0 Å². The molecule has 0 radical (unpaired) electrons. The zero-order chi connectivity index (χ0) is 22.8. The molecule has 4 rings (SSSR count). The number of fused-ring (bicyclic) bond motifs is 1. The first kappa shape index (κ1) is 25.6. The zero-order valence-electron chi connectivity index (χ0n) is 20.4. The lowest BCUT2D eigenvalue weighted by Gasteiger charge is -2.37. The summed E-state index contributed by atoms with van der Waals surface area (Å²) in [4.78, 5) is 32.1. The highest BCUT2D eigenvalue weighted by Crippen LogP contribution is 2.40. The highest BCUT2D eigenvalue weighted by atomic mass is 35.5. The fraction of sp³-hybridized carbons (Fsp3) is 0.615. The van der Waals surface area contributed by atoms with Gasteiger partial charge in [-0.05, 0) is 65.6 Å². The van der Waals surface area contributed by atoms with E-state index >= 15 is 0 Å². The van der Waals surface area contributed by atoms with Crippen LogP contribution in [-0.2, 0) is 9.59 Å². The molecule has 2 fully saturated rings. The number of hydrogen-bond acceptors (Lipinski definition) is 5. The summed E-state index contributed by atoms with van der Waals surface area (Å²) >= 11 is 0. The third kappa shape index (κ3) is 5.55. The van der Waals surface area contributed by atoms with Gasteiger partial charge in [-0.25, -0.2) is 0 Å². The van der Waals surface area contributed by atoms with E-state index in [0.717, 1.165) is 63.4 Å². The molecule has 1 aliphatic carbocycles. The van der Waals surface area contributed by atoms with E-state index < -0.39 is 0 Å². The number of hydrogen-bond donors (Lipinski definition) is 0. The molecule has 2 saturated heterocycles. The van der Waals surface area contributed by atoms with Crippen LogP contribution in [0.3, 0.4) is 0 Å². The number of anilines is 1. The molecule has 1 aromatic carbocycles. The van der Waals surface area contributed by atoms with Crippen molar-refractivity contribution in [3.63, 3.8) is 0 Å². The highest BCUT2D eigenvalue weighted by molar-refractivity contribution is 6.05. The molecule has 2 atom stereocenters. The molecule has 7 heteroatoms. The molecule has 0 saturated carbocycles. The summed E-state index contributed by atoms with van der Waals surface area (Å²) in [6.07, 6.45) is 2.50. The Bertz CT molecular complexity index is 861. The molecule has 0 bridgehead atoms. The van der Waals surface area contributed by atoms with Crippen LogP contribution in [0.2, 0.25) is 0 Å². The lowest BCUT2D eigenvalue weighted by atomic mass is 9.78. The molecular weight excluding hydrogens is 438 g/mol. The Morgan fingerprint density at radius 3 is 2.06 bits per heavy atom. The van der Waals surface area contributed by atoms with Crippen LogP contribution in [0.15, 0.2) is 35.4 Å². The zero-order valence-corrected chi connectivity index (χ0v) is 21.2. The van der Waals surface area contributed by atoms with Crippen LogP contribution in [0.4, 0.5) is 5.69 Å². The van der Waals surface area contributed by atoms with Gasteiger partial charge in [0.1, 0.15) is 5.75 Å². The average Bonchev–Trinajstić information content (AvgIpc) is 2.99. The van der Waals surface area contributed by atoms with Crippen molar-refractivity contribution >= 4 is 29.9 Å². The van der Waals surface area contributed by atoms with Crippen LogP contribution in [-0.4, -0.2) is 67.0 Å². The van der Waals surface area contributed by atoms with Gasteiger partial charge in [-0.15, -0.1) is 12.4 Å². The quantitative estimate of drug-likeness (QED) is 0.438. The molecule has 0 aromatic heterocycles. The number of carbonyl (C=O) groups excluding carboxylic acids is 2. The first-order valence-electron chi connectivity index (χ1n) is 12.1. The number of rotatable bonds is 7. The van der Waals surface area contributed by atoms with Crippen LogP contribution in [0.5, 0.6) is 5.75 Å². The SMILES string of the molecule is CC1=C(C)CC2C(=O)N(CCCN3CCN(c4ccccc4OC(C)C)CC3)C(=O)C2C1.Cl. The van der Waals surface area contributed by atoms with E-state index in [0.29, 0.717) is 6.54 Å². The number of amides is 2. The smallest absolute Gasteiger partial charge is 0.233 e. The van der Waals surface area contributed by atoms with E-state index in [2.05, 4.69) is 49.6 Å². The van der Waals surface area contributed by atoms with E-state index in [1.54, 1.807) is 4.90 Å². The number of para-hydroxylation sites is 2. The van der Waals surface area contributed by atoms with E-state index in [4.69, 9.17) is 4.74 Å². The molecule has 3 aliphatic rings. The van der Waals surface area contributed by atoms with Gasteiger partial charge < -0.3 is 9.64 Å². The molecular formula is C26H38ClN3O3. The molecule has 2 heterocycles. The van der Waals surface area contributed by atoms with Gasteiger partial charge in [-0.1, -0.05) is 23.3 Å². The Kier molecular flexibility index (Phi) is 8.46. The minimum Gasteiger partial charge on any atom is -0.489 e. The molecule has 1 aromatic rings. The van der Waals surface area contributed by atoms with Crippen molar-refractivity contribution in [1.29, 1.82) is 0 Å². The van der Waals surface area contributed by atoms with Crippen LogP contribution >= 0.6 is 12.4 Å². The Labute approximate surface area is 204 Å². The third-order valence-electron chi connectivity index (χ3n) is 7.23. The molecule has 33 heavy (non-hydrogen) atoms. The summed E-state index contributed by atoms with van der Waals surface area (Å²) in [6, 6.07) is 8.26. The van der Waals surface area contributed by atoms with Crippen molar-refractivity contribution in [3.05, 3.63) is 35.4 Å². The second-order valence-electron chi connectivity index (χ2n) is 9.83. The topological polar surface area (TPSA) is 53.1 Å². The number of benzene rings is 1. The number of nitrogens with zero attached hydrogens (tertiary/aromatic N) is 3. The number of likely N-dealkylation sites (tertiary alicyclic amines) is 1.